The van der Waals surface area contributed by atoms with Crippen molar-refractivity contribution >= 4 is 11.6 Å². The first-order valence-corrected chi connectivity index (χ1v) is 7.84. The number of carbonyl (C=O) groups excluding carboxylic acids is 1. The van der Waals surface area contributed by atoms with Gasteiger partial charge in [0, 0.05) is 13.0 Å². The molecule has 0 radical (unpaired) electrons. The highest BCUT2D eigenvalue weighted by Crippen LogP contribution is 2.22. The van der Waals surface area contributed by atoms with Gasteiger partial charge in [-0.1, -0.05) is 36.4 Å². The summed E-state index contributed by atoms with van der Waals surface area (Å²) in [5.41, 5.74) is 2.82. The molecule has 4 nitrogen and oxygen atoms in total. The Morgan fingerprint density at radius 3 is 2.32 bits per heavy atom. The topological polar surface area (TPSA) is 45.6 Å². The minimum Gasteiger partial charge on any atom is -0.340 e. The number of hydrogen-bond acceptors (Lipinski definition) is 1. The van der Waals surface area contributed by atoms with Gasteiger partial charge in [-0.05, 0) is 31.9 Å². The Balaban J connectivity index is 2.55. The van der Waals surface area contributed by atoms with Crippen LogP contribution in [0.2, 0.25) is 0 Å². The van der Waals surface area contributed by atoms with Gasteiger partial charge in [-0.15, -0.1) is 0 Å². The largest absolute Gasteiger partial charge is 0.340 e. The van der Waals surface area contributed by atoms with Crippen molar-refractivity contribution in [3.8, 4) is 0 Å². The van der Waals surface area contributed by atoms with Gasteiger partial charge in [-0.25, -0.2) is 4.79 Å². The van der Waals surface area contributed by atoms with E-state index in [0.717, 1.165) is 29.7 Å². The molecule has 2 amide bonds. The smallest absolute Gasteiger partial charge is 0.315 e. The van der Waals surface area contributed by atoms with E-state index >= 15 is 0 Å². The van der Waals surface area contributed by atoms with Crippen LogP contribution in [0.3, 0.4) is 0 Å². The molecule has 4 heteroatoms. The van der Waals surface area contributed by atoms with Crippen molar-refractivity contribution in [2.24, 2.45) is 0 Å². The Morgan fingerprint density at radius 1 is 1.23 bits per heavy atom. The van der Waals surface area contributed by atoms with Crippen molar-refractivity contribution in [1.29, 1.82) is 0 Å². The van der Waals surface area contributed by atoms with Crippen LogP contribution < -0.4 is 15.5 Å². The first-order chi connectivity index (χ1) is 10.2. The average Bonchev–Trinajstić information content (AvgIpc) is 2.43. The number of urea groups is 1. The van der Waals surface area contributed by atoms with Gasteiger partial charge in [0.25, 0.3) is 0 Å². The highest BCUT2D eigenvalue weighted by atomic mass is 16.2. The second-order valence-electron chi connectivity index (χ2n) is 6.67. The maximum atomic E-state index is 12.0. The molecule has 0 atom stereocenters. The molecule has 1 aromatic rings. The van der Waals surface area contributed by atoms with Gasteiger partial charge < -0.3 is 15.5 Å². The fraction of sp³-hybridized carbons (Fsp3) is 0.500. The predicted molar refractivity (Wildman–Crippen MR) is 93.0 cm³/mol. The zero-order chi connectivity index (χ0) is 16.8. The van der Waals surface area contributed by atoms with Crippen molar-refractivity contribution in [2.75, 3.05) is 27.2 Å². The maximum Gasteiger partial charge on any atom is 0.315 e. The van der Waals surface area contributed by atoms with Gasteiger partial charge in [0.2, 0.25) is 0 Å². The Bertz CT molecular complexity index is 504. The van der Waals surface area contributed by atoms with Crippen LogP contribution in [0.1, 0.15) is 38.3 Å². The van der Waals surface area contributed by atoms with Crippen LogP contribution in [0.15, 0.2) is 30.8 Å². The molecule has 0 saturated carbocycles. The van der Waals surface area contributed by atoms with Gasteiger partial charge in [0.05, 0.1) is 26.2 Å². The summed E-state index contributed by atoms with van der Waals surface area (Å²) in [6.45, 7) is 11.7. The molecule has 22 heavy (non-hydrogen) atoms. The summed E-state index contributed by atoms with van der Waals surface area (Å²) in [7, 11) is 4.22. The summed E-state index contributed by atoms with van der Waals surface area (Å²) in [5.74, 6) is 0. The molecule has 0 aliphatic carbocycles. The van der Waals surface area contributed by atoms with Crippen LogP contribution in [0, 0.1) is 0 Å². The summed E-state index contributed by atoms with van der Waals surface area (Å²) in [6.07, 6.45) is 0.976. The van der Waals surface area contributed by atoms with Crippen LogP contribution in [0.5, 0.6) is 0 Å². The Labute approximate surface area is 134 Å². The van der Waals surface area contributed by atoms with E-state index < -0.39 is 5.54 Å². The molecule has 0 aromatic heterocycles. The molecule has 0 fully saturated rings. The van der Waals surface area contributed by atoms with E-state index in [0.29, 0.717) is 6.54 Å². The third-order valence-corrected chi connectivity index (χ3v) is 3.66. The number of hydrogen-bond donors (Lipinski definition) is 3. The molecule has 0 saturated heterocycles. The van der Waals surface area contributed by atoms with E-state index in [4.69, 9.17) is 0 Å². The molecule has 0 unspecified atom stereocenters. The first kappa shape index (κ1) is 18.2. The van der Waals surface area contributed by atoms with E-state index in [1.54, 1.807) is 0 Å². The summed E-state index contributed by atoms with van der Waals surface area (Å²) in [4.78, 5) is 13.4. The number of allylic oxidation sites excluding steroid dienone is 1. The molecule has 0 aliphatic heterocycles. The standard InChI is InChI=1S/C18H29N3O/c1-14(2)15-8-10-16(11-9-15)18(3,4)20-17(22)19-12-7-13-21(5)6/h8-11H,1,7,12-13H2,2-6H3,(H2,19,20,22)/p+1. The molecule has 0 spiro atoms. The SMILES string of the molecule is C=C(C)c1ccc(C(C)(C)NC(=O)NCCC[NH+](C)C)cc1. The first-order valence-electron chi connectivity index (χ1n) is 7.84. The lowest BCUT2D eigenvalue weighted by atomic mass is 9.93. The van der Waals surface area contributed by atoms with Crippen molar-refractivity contribution in [3.05, 3.63) is 42.0 Å². The predicted octanol–water partition coefficient (Wildman–Crippen LogP) is 1.79. The number of amides is 2. The molecule has 0 bridgehead atoms. The van der Waals surface area contributed by atoms with Crippen LogP contribution in [0.25, 0.3) is 5.57 Å². The fourth-order valence-corrected chi connectivity index (χ4v) is 2.22. The molecule has 0 aliphatic rings. The summed E-state index contributed by atoms with van der Waals surface area (Å²) < 4.78 is 0. The Hall–Kier alpha value is -1.81. The summed E-state index contributed by atoms with van der Waals surface area (Å²) in [5, 5.41) is 5.95. The lowest BCUT2D eigenvalue weighted by Crippen LogP contribution is -3.05. The normalized spacial score (nSPS) is 11.4. The minimum atomic E-state index is -0.412. The molecule has 3 N–H and O–H groups in total. The van der Waals surface area contributed by atoms with Gasteiger partial charge in [0.15, 0.2) is 0 Å². The monoisotopic (exact) mass is 304 g/mol. The van der Waals surface area contributed by atoms with Crippen LogP contribution >= 0.6 is 0 Å². The van der Waals surface area contributed by atoms with E-state index in [2.05, 4.69) is 31.3 Å². The van der Waals surface area contributed by atoms with E-state index in [-0.39, 0.29) is 6.03 Å². The molecule has 122 valence electrons. The third kappa shape index (κ3) is 5.90. The van der Waals surface area contributed by atoms with Gasteiger partial charge in [-0.3, -0.25) is 0 Å². The second kappa shape index (κ2) is 7.99. The van der Waals surface area contributed by atoms with Crippen LogP contribution in [-0.4, -0.2) is 33.2 Å². The fourth-order valence-electron chi connectivity index (χ4n) is 2.22. The lowest BCUT2D eigenvalue weighted by Gasteiger charge is -2.27. The number of rotatable bonds is 7. The van der Waals surface area contributed by atoms with Gasteiger partial charge in [0.1, 0.15) is 0 Å². The van der Waals surface area contributed by atoms with Crippen molar-refractivity contribution in [2.45, 2.75) is 32.7 Å². The van der Waals surface area contributed by atoms with Crippen molar-refractivity contribution in [3.63, 3.8) is 0 Å². The minimum absolute atomic E-state index is 0.122. The molecule has 1 rings (SSSR count). The van der Waals surface area contributed by atoms with E-state index in [1.165, 1.54) is 4.90 Å². The number of quaternary nitrogens is 1. The third-order valence-electron chi connectivity index (χ3n) is 3.66. The highest BCUT2D eigenvalue weighted by molar-refractivity contribution is 5.75. The van der Waals surface area contributed by atoms with Crippen LogP contribution in [0.4, 0.5) is 4.79 Å². The van der Waals surface area contributed by atoms with Crippen molar-refractivity contribution < 1.29 is 9.69 Å². The quantitative estimate of drug-likeness (QED) is 0.661. The summed E-state index contributed by atoms with van der Waals surface area (Å²) in [6, 6.07) is 8.04. The second-order valence-corrected chi connectivity index (χ2v) is 6.67. The Morgan fingerprint density at radius 2 is 1.82 bits per heavy atom. The van der Waals surface area contributed by atoms with Gasteiger partial charge >= 0.3 is 6.03 Å². The average molecular weight is 304 g/mol. The molecular weight excluding hydrogens is 274 g/mol. The number of carbonyl (C=O) groups is 1. The van der Waals surface area contributed by atoms with Crippen LogP contribution in [-0.2, 0) is 5.54 Å². The molecule has 1 aromatic carbocycles. The zero-order valence-corrected chi connectivity index (χ0v) is 14.5. The maximum absolute atomic E-state index is 12.0. The summed E-state index contributed by atoms with van der Waals surface area (Å²) >= 11 is 0. The number of benzene rings is 1. The molecule has 0 heterocycles. The zero-order valence-electron chi connectivity index (χ0n) is 14.5. The van der Waals surface area contributed by atoms with Gasteiger partial charge in [-0.2, -0.15) is 0 Å². The Kier molecular flexibility index (Phi) is 6.62. The van der Waals surface area contributed by atoms with Crippen molar-refractivity contribution in [1.82, 2.24) is 10.6 Å². The lowest BCUT2D eigenvalue weighted by molar-refractivity contribution is -0.858. The van der Waals surface area contributed by atoms with E-state index in [1.807, 2.05) is 45.0 Å². The van der Waals surface area contributed by atoms with E-state index in [9.17, 15) is 4.79 Å². The molecular formula is C18H30N3O+. The highest BCUT2D eigenvalue weighted by Gasteiger charge is 2.22. The number of nitrogens with one attached hydrogen (secondary N) is 3.